The second-order valence-corrected chi connectivity index (χ2v) is 7.83. The summed E-state index contributed by atoms with van der Waals surface area (Å²) >= 11 is 1.79. The van der Waals surface area contributed by atoms with Crippen molar-refractivity contribution in [3.05, 3.63) is 34.0 Å². The van der Waals surface area contributed by atoms with Gasteiger partial charge in [-0.15, -0.1) is 11.3 Å². The minimum Gasteiger partial charge on any atom is -0.290 e. The molecular weight excluding hydrogens is 280 g/mol. The van der Waals surface area contributed by atoms with Crippen molar-refractivity contribution in [2.45, 2.75) is 51.6 Å². The van der Waals surface area contributed by atoms with Crippen molar-refractivity contribution in [1.29, 1.82) is 0 Å². The van der Waals surface area contributed by atoms with E-state index in [1.807, 2.05) is 17.9 Å². The van der Waals surface area contributed by atoms with Crippen LogP contribution in [0.4, 0.5) is 0 Å². The van der Waals surface area contributed by atoms with E-state index in [9.17, 15) is 0 Å². The van der Waals surface area contributed by atoms with Crippen molar-refractivity contribution in [3.63, 3.8) is 0 Å². The van der Waals surface area contributed by atoms with Gasteiger partial charge in [-0.25, -0.2) is 4.98 Å². The Labute approximate surface area is 130 Å². The van der Waals surface area contributed by atoms with Crippen molar-refractivity contribution in [2.75, 3.05) is 6.54 Å². The Morgan fingerprint density at radius 1 is 1.38 bits per heavy atom. The first kappa shape index (κ1) is 14.7. The monoisotopic (exact) mass is 304 g/mol. The molecule has 2 aromatic heterocycles. The maximum Gasteiger partial charge on any atom is 0.0982 e. The minimum atomic E-state index is 0.149. The molecule has 5 heteroatoms. The molecule has 1 saturated heterocycles. The van der Waals surface area contributed by atoms with Gasteiger partial charge in [0.25, 0.3) is 0 Å². The fourth-order valence-electron chi connectivity index (χ4n) is 2.94. The third-order valence-corrected chi connectivity index (χ3v) is 5.35. The summed E-state index contributed by atoms with van der Waals surface area (Å²) in [5, 5.41) is 7.77. The van der Waals surface area contributed by atoms with Gasteiger partial charge >= 0.3 is 0 Å². The third-order valence-electron chi connectivity index (χ3n) is 4.03. The number of aryl methyl sites for hydroxylation is 1. The summed E-state index contributed by atoms with van der Waals surface area (Å²) in [7, 11) is 1.98. The van der Waals surface area contributed by atoms with E-state index in [4.69, 9.17) is 4.98 Å². The Kier molecular flexibility index (Phi) is 3.88. The Hall–Kier alpha value is -1.20. The first-order valence-corrected chi connectivity index (χ1v) is 8.49. The zero-order chi connectivity index (χ0) is 15.0. The van der Waals surface area contributed by atoms with Gasteiger partial charge in [0.15, 0.2) is 0 Å². The molecule has 3 heterocycles. The molecule has 21 heavy (non-hydrogen) atoms. The molecule has 0 saturated carbocycles. The van der Waals surface area contributed by atoms with Crippen LogP contribution in [0.5, 0.6) is 0 Å². The standard InChI is InChI=1S/C16H24N4S/c1-16(2,3)15-18-13(11-21-15)10-20-7-5-6-14(20)12-8-17-19(4)9-12/h8-9,11,14H,5-7,10H2,1-4H3/t14-/m0/s1. The average Bonchev–Trinajstić information content (AvgIpc) is 3.08. The molecule has 4 nitrogen and oxygen atoms in total. The van der Waals surface area contributed by atoms with E-state index in [0.717, 1.165) is 13.1 Å². The van der Waals surface area contributed by atoms with Gasteiger partial charge in [0, 0.05) is 42.2 Å². The molecular formula is C16H24N4S. The number of nitrogens with zero attached hydrogens (tertiary/aromatic N) is 4. The van der Waals surface area contributed by atoms with Gasteiger partial charge in [0.1, 0.15) is 0 Å². The molecule has 0 aliphatic carbocycles. The molecule has 0 N–H and O–H groups in total. The number of aromatic nitrogens is 3. The number of hydrogen-bond donors (Lipinski definition) is 0. The van der Waals surface area contributed by atoms with Crippen LogP contribution in [0.1, 0.15) is 55.9 Å². The number of hydrogen-bond acceptors (Lipinski definition) is 4. The van der Waals surface area contributed by atoms with Crippen LogP contribution in [-0.4, -0.2) is 26.2 Å². The molecule has 3 rings (SSSR count). The summed E-state index contributed by atoms with van der Waals surface area (Å²) in [5.41, 5.74) is 2.69. The number of likely N-dealkylation sites (tertiary alicyclic amines) is 1. The van der Waals surface area contributed by atoms with Gasteiger partial charge in [0.05, 0.1) is 16.9 Å². The molecule has 0 bridgehead atoms. The van der Waals surface area contributed by atoms with Crippen LogP contribution < -0.4 is 0 Å². The Bertz CT molecular complexity index is 608. The summed E-state index contributed by atoms with van der Waals surface area (Å²) in [6.07, 6.45) is 6.63. The molecule has 1 atom stereocenters. The smallest absolute Gasteiger partial charge is 0.0982 e. The molecule has 1 aliphatic heterocycles. The highest BCUT2D eigenvalue weighted by Gasteiger charge is 2.28. The van der Waals surface area contributed by atoms with Gasteiger partial charge in [-0.1, -0.05) is 20.8 Å². The number of thiazole rings is 1. The summed E-state index contributed by atoms with van der Waals surface area (Å²) in [4.78, 5) is 7.37. The van der Waals surface area contributed by atoms with Crippen LogP contribution in [-0.2, 0) is 19.0 Å². The SMILES string of the molecule is Cn1cc([C@@H]2CCCN2Cc2csc(C(C)(C)C)n2)cn1. The van der Waals surface area contributed by atoms with Crippen LogP contribution in [0, 0.1) is 0 Å². The van der Waals surface area contributed by atoms with Crippen LogP contribution in [0.25, 0.3) is 0 Å². The van der Waals surface area contributed by atoms with Crippen molar-refractivity contribution in [3.8, 4) is 0 Å². The lowest BCUT2D eigenvalue weighted by atomic mass is 9.98. The summed E-state index contributed by atoms with van der Waals surface area (Å²) in [6.45, 7) is 8.78. The van der Waals surface area contributed by atoms with E-state index in [1.165, 1.54) is 29.1 Å². The maximum atomic E-state index is 4.83. The van der Waals surface area contributed by atoms with Crippen molar-refractivity contribution >= 4 is 11.3 Å². The molecule has 0 unspecified atom stereocenters. The highest BCUT2D eigenvalue weighted by molar-refractivity contribution is 7.09. The Morgan fingerprint density at radius 3 is 2.81 bits per heavy atom. The second kappa shape index (κ2) is 5.54. The number of rotatable bonds is 3. The Morgan fingerprint density at radius 2 is 2.19 bits per heavy atom. The molecule has 2 aromatic rings. The van der Waals surface area contributed by atoms with Gasteiger partial charge in [-0.05, 0) is 19.4 Å². The zero-order valence-electron chi connectivity index (χ0n) is 13.3. The van der Waals surface area contributed by atoms with Gasteiger partial charge < -0.3 is 0 Å². The van der Waals surface area contributed by atoms with E-state index < -0.39 is 0 Å². The third kappa shape index (κ3) is 3.19. The van der Waals surface area contributed by atoms with E-state index in [1.54, 1.807) is 11.3 Å². The van der Waals surface area contributed by atoms with E-state index >= 15 is 0 Å². The lowest BCUT2D eigenvalue weighted by Crippen LogP contribution is -2.23. The topological polar surface area (TPSA) is 34.0 Å². The molecule has 0 radical (unpaired) electrons. The first-order valence-electron chi connectivity index (χ1n) is 7.61. The molecule has 1 fully saturated rings. The van der Waals surface area contributed by atoms with Crippen LogP contribution in [0.2, 0.25) is 0 Å². The summed E-state index contributed by atoms with van der Waals surface area (Å²) in [5.74, 6) is 0. The van der Waals surface area contributed by atoms with E-state index in [2.05, 4.69) is 42.3 Å². The lowest BCUT2D eigenvalue weighted by molar-refractivity contribution is 0.245. The van der Waals surface area contributed by atoms with Crippen LogP contribution in [0.15, 0.2) is 17.8 Å². The highest BCUT2D eigenvalue weighted by Crippen LogP contribution is 2.33. The molecule has 1 aliphatic rings. The molecule has 0 aromatic carbocycles. The fraction of sp³-hybridized carbons (Fsp3) is 0.625. The van der Waals surface area contributed by atoms with E-state index in [0.29, 0.717) is 6.04 Å². The zero-order valence-corrected chi connectivity index (χ0v) is 14.2. The predicted octanol–water partition coefficient (Wildman–Crippen LogP) is 3.51. The van der Waals surface area contributed by atoms with Gasteiger partial charge in [0.2, 0.25) is 0 Å². The second-order valence-electron chi connectivity index (χ2n) is 6.97. The first-order chi connectivity index (χ1) is 9.93. The molecule has 114 valence electrons. The highest BCUT2D eigenvalue weighted by atomic mass is 32.1. The van der Waals surface area contributed by atoms with Crippen LogP contribution in [0.3, 0.4) is 0 Å². The van der Waals surface area contributed by atoms with Gasteiger partial charge in [-0.2, -0.15) is 5.10 Å². The van der Waals surface area contributed by atoms with Crippen molar-refractivity contribution in [2.24, 2.45) is 7.05 Å². The molecule has 0 amide bonds. The molecule has 0 spiro atoms. The minimum absolute atomic E-state index is 0.149. The quantitative estimate of drug-likeness (QED) is 0.870. The van der Waals surface area contributed by atoms with Crippen LogP contribution >= 0.6 is 11.3 Å². The predicted molar refractivity (Wildman–Crippen MR) is 86.4 cm³/mol. The Balaban J connectivity index is 1.73. The summed E-state index contributed by atoms with van der Waals surface area (Å²) in [6, 6.07) is 0.499. The fourth-order valence-corrected chi connectivity index (χ4v) is 3.84. The normalized spacial score (nSPS) is 20.3. The van der Waals surface area contributed by atoms with E-state index in [-0.39, 0.29) is 5.41 Å². The maximum absolute atomic E-state index is 4.83. The lowest BCUT2D eigenvalue weighted by Gasteiger charge is -2.22. The van der Waals surface area contributed by atoms with Crippen molar-refractivity contribution < 1.29 is 0 Å². The largest absolute Gasteiger partial charge is 0.290 e. The van der Waals surface area contributed by atoms with Gasteiger partial charge in [-0.3, -0.25) is 9.58 Å². The summed E-state index contributed by atoms with van der Waals surface area (Å²) < 4.78 is 1.90. The van der Waals surface area contributed by atoms with Crippen molar-refractivity contribution in [1.82, 2.24) is 19.7 Å². The average molecular weight is 304 g/mol.